The van der Waals surface area contributed by atoms with Crippen LogP contribution in [-0.2, 0) is 0 Å². The van der Waals surface area contributed by atoms with Crippen LogP contribution in [0.2, 0.25) is 0 Å². The molecule has 3 rings (SSSR count). The van der Waals surface area contributed by atoms with E-state index in [1.54, 1.807) is 11.3 Å². The van der Waals surface area contributed by atoms with E-state index < -0.39 is 0 Å². The number of para-hydroxylation sites is 1. The molecule has 1 N–H and O–H groups in total. The smallest absolute Gasteiger partial charge is 0.122 e. The van der Waals surface area contributed by atoms with Crippen LogP contribution >= 0.6 is 11.3 Å². The number of fused-ring (bicyclic) bond motifs is 1. The van der Waals surface area contributed by atoms with Gasteiger partial charge in [-0.25, -0.2) is 0 Å². The summed E-state index contributed by atoms with van der Waals surface area (Å²) in [7, 11) is 0. The number of aliphatic hydroxyl groups is 1. The van der Waals surface area contributed by atoms with Crippen molar-refractivity contribution in [3.8, 4) is 5.75 Å². The van der Waals surface area contributed by atoms with E-state index in [1.165, 1.54) is 15.3 Å². The third-order valence-electron chi connectivity index (χ3n) is 4.03. The molecule has 2 unspecified atom stereocenters. The van der Waals surface area contributed by atoms with Gasteiger partial charge in [0, 0.05) is 9.75 Å². The van der Waals surface area contributed by atoms with Gasteiger partial charge < -0.3 is 9.84 Å². The van der Waals surface area contributed by atoms with E-state index in [0.29, 0.717) is 5.92 Å². The summed E-state index contributed by atoms with van der Waals surface area (Å²) >= 11 is 1.76. The fraction of sp³-hybridized carbons (Fsp3) is 0.412. The van der Waals surface area contributed by atoms with E-state index in [4.69, 9.17) is 4.74 Å². The number of hydrogen-bond acceptors (Lipinski definition) is 3. The van der Waals surface area contributed by atoms with Crippen molar-refractivity contribution in [2.45, 2.75) is 38.7 Å². The van der Waals surface area contributed by atoms with Crippen LogP contribution in [0.5, 0.6) is 5.75 Å². The van der Waals surface area contributed by atoms with E-state index in [1.807, 2.05) is 18.2 Å². The molecule has 0 saturated heterocycles. The highest BCUT2D eigenvalue weighted by atomic mass is 32.1. The standard InChI is InChI=1S/C17H20O2S/c1-11-9-15(12(2)20-11)16(18)10-13-7-8-19-17-6-4-3-5-14(13)17/h3-6,9,13,16,18H,7-8,10H2,1-2H3. The van der Waals surface area contributed by atoms with Gasteiger partial charge in [-0.15, -0.1) is 11.3 Å². The molecule has 20 heavy (non-hydrogen) atoms. The Labute approximate surface area is 124 Å². The highest BCUT2D eigenvalue weighted by molar-refractivity contribution is 7.12. The van der Waals surface area contributed by atoms with Crippen molar-refractivity contribution in [3.05, 3.63) is 51.2 Å². The Hall–Kier alpha value is -1.32. The van der Waals surface area contributed by atoms with Crippen molar-refractivity contribution < 1.29 is 9.84 Å². The zero-order valence-electron chi connectivity index (χ0n) is 11.9. The van der Waals surface area contributed by atoms with Crippen molar-refractivity contribution in [2.75, 3.05) is 6.61 Å². The molecule has 0 bridgehead atoms. The largest absolute Gasteiger partial charge is 0.493 e. The summed E-state index contributed by atoms with van der Waals surface area (Å²) in [5.74, 6) is 1.36. The number of thiophene rings is 1. The maximum absolute atomic E-state index is 10.6. The van der Waals surface area contributed by atoms with Crippen molar-refractivity contribution in [1.82, 2.24) is 0 Å². The summed E-state index contributed by atoms with van der Waals surface area (Å²) in [6, 6.07) is 10.3. The third-order valence-corrected chi connectivity index (χ3v) is 5.01. The summed E-state index contributed by atoms with van der Waals surface area (Å²) in [5.41, 5.74) is 2.33. The predicted octanol–water partition coefficient (Wildman–Crippen LogP) is 4.35. The molecule has 0 spiro atoms. The van der Waals surface area contributed by atoms with Crippen molar-refractivity contribution >= 4 is 11.3 Å². The molecule has 1 aliphatic rings. The Bertz CT molecular complexity index is 603. The second-order valence-electron chi connectivity index (χ2n) is 5.49. The Morgan fingerprint density at radius 1 is 1.35 bits per heavy atom. The number of rotatable bonds is 3. The highest BCUT2D eigenvalue weighted by Crippen LogP contribution is 2.40. The number of ether oxygens (including phenoxy) is 1. The first-order valence-corrected chi connectivity index (χ1v) is 7.93. The van der Waals surface area contributed by atoms with Crippen LogP contribution in [0.25, 0.3) is 0 Å². The zero-order valence-corrected chi connectivity index (χ0v) is 12.7. The Morgan fingerprint density at radius 2 is 2.15 bits per heavy atom. The average molecular weight is 288 g/mol. The molecule has 1 aromatic heterocycles. The molecule has 0 radical (unpaired) electrons. The second kappa shape index (κ2) is 5.58. The van der Waals surface area contributed by atoms with Gasteiger partial charge >= 0.3 is 0 Å². The van der Waals surface area contributed by atoms with Crippen LogP contribution in [-0.4, -0.2) is 11.7 Å². The predicted molar refractivity (Wildman–Crippen MR) is 82.7 cm³/mol. The molecule has 0 fully saturated rings. The van der Waals surface area contributed by atoms with Gasteiger partial charge in [0.05, 0.1) is 12.7 Å². The van der Waals surface area contributed by atoms with Crippen LogP contribution in [0, 0.1) is 13.8 Å². The molecular formula is C17H20O2S. The zero-order chi connectivity index (χ0) is 14.1. The number of hydrogen-bond donors (Lipinski definition) is 1. The van der Waals surface area contributed by atoms with Crippen molar-refractivity contribution in [2.24, 2.45) is 0 Å². The molecule has 2 heterocycles. The molecule has 3 heteroatoms. The summed E-state index contributed by atoms with van der Waals surface area (Å²) in [6.45, 7) is 4.93. The van der Waals surface area contributed by atoms with Gasteiger partial charge in [0.15, 0.2) is 0 Å². The lowest BCUT2D eigenvalue weighted by Crippen LogP contribution is -2.16. The fourth-order valence-corrected chi connectivity index (χ4v) is 4.02. The lowest BCUT2D eigenvalue weighted by molar-refractivity contribution is 0.145. The topological polar surface area (TPSA) is 29.5 Å². The summed E-state index contributed by atoms with van der Waals surface area (Å²) in [5, 5.41) is 10.6. The minimum atomic E-state index is -0.379. The minimum absolute atomic E-state index is 0.379. The quantitative estimate of drug-likeness (QED) is 0.909. The van der Waals surface area contributed by atoms with Crippen molar-refractivity contribution in [1.29, 1.82) is 0 Å². The number of aryl methyl sites for hydroxylation is 2. The molecular weight excluding hydrogens is 268 g/mol. The molecule has 2 aromatic rings. The fourth-order valence-electron chi connectivity index (χ4n) is 3.04. The monoisotopic (exact) mass is 288 g/mol. The first kappa shape index (κ1) is 13.7. The number of aliphatic hydroxyl groups excluding tert-OH is 1. The van der Waals surface area contributed by atoms with Crippen LogP contribution in [0.15, 0.2) is 30.3 Å². The first-order valence-electron chi connectivity index (χ1n) is 7.12. The molecule has 1 aliphatic heterocycles. The Kier molecular flexibility index (Phi) is 3.81. The lowest BCUT2D eigenvalue weighted by Gasteiger charge is -2.27. The van der Waals surface area contributed by atoms with Gasteiger partial charge in [0.2, 0.25) is 0 Å². The van der Waals surface area contributed by atoms with Gasteiger partial charge in [-0.1, -0.05) is 18.2 Å². The Morgan fingerprint density at radius 3 is 2.90 bits per heavy atom. The summed E-state index contributed by atoms with van der Waals surface area (Å²) in [4.78, 5) is 2.50. The second-order valence-corrected chi connectivity index (χ2v) is 6.95. The summed E-state index contributed by atoms with van der Waals surface area (Å²) in [6.07, 6.45) is 1.38. The third kappa shape index (κ3) is 2.60. The SMILES string of the molecule is Cc1cc(C(O)CC2CCOc3ccccc32)c(C)s1. The number of benzene rings is 1. The molecule has 1 aromatic carbocycles. The average Bonchev–Trinajstić information content (AvgIpc) is 2.78. The van der Waals surface area contributed by atoms with Gasteiger partial charge in [-0.3, -0.25) is 0 Å². The van der Waals surface area contributed by atoms with E-state index in [0.717, 1.165) is 30.8 Å². The molecule has 0 aliphatic carbocycles. The molecule has 0 saturated carbocycles. The molecule has 106 valence electrons. The van der Waals surface area contributed by atoms with Crippen LogP contribution in [0.4, 0.5) is 0 Å². The van der Waals surface area contributed by atoms with E-state index in [9.17, 15) is 5.11 Å². The van der Waals surface area contributed by atoms with Gasteiger partial charge in [-0.2, -0.15) is 0 Å². The van der Waals surface area contributed by atoms with Crippen LogP contribution in [0.1, 0.15) is 45.7 Å². The van der Waals surface area contributed by atoms with Gasteiger partial charge in [-0.05, 0) is 55.9 Å². The van der Waals surface area contributed by atoms with Crippen molar-refractivity contribution in [3.63, 3.8) is 0 Å². The molecule has 0 amide bonds. The first-order chi connectivity index (χ1) is 9.65. The van der Waals surface area contributed by atoms with Gasteiger partial charge in [0.1, 0.15) is 5.75 Å². The minimum Gasteiger partial charge on any atom is -0.493 e. The van der Waals surface area contributed by atoms with Crippen LogP contribution < -0.4 is 4.74 Å². The van der Waals surface area contributed by atoms with Crippen LogP contribution in [0.3, 0.4) is 0 Å². The van der Waals surface area contributed by atoms with E-state index in [-0.39, 0.29) is 6.10 Å². The maximum atomic E-state index is 10.6. The molecule has 2 atom stereocenters. The van der Waals surface area contributed by atoms with E-state index in [2.05, 4.69) is 26.0 Å². The molecule has 2 nitrogen and oxygen atoms in total. The van der Waals surface area contributed by atoms with E-state index >= 15 is 0 Å². The normalized spacial score (nSPS) is 19.2. The maximum Gasteiger partial charge on any atom is 0.122 e. The summed E-state index contributed by atoms with van der Waals surface area (Å²) < 4.78 is 5.69. The highest BCUT2D eigenvalue weighted by Gasteiger charge is 2.25. The van der Waals surface area contributed by atoms with Gasteiger partial charge in [0.25, 0.3) is 0 Å². The Balaban J connectivity index is 1.80. The lowest BCUT2D eigenvalue weighted by atomic mass is 9.86.